The maximum absolute atomic E-state index is 13.0. The van der Waals surface area contributed by atoms with Crippen molar-refractivity contribution in [2.75, 3.05) is 32.1 Å². The Hall–Kier alpha value is -1.85. The van der Waals surface area contributed by atoms with Crippen LogP contribution in [0.1, 0.15) is 38.2 Å². The molecule has 0 unspecified atom stereocenters. The highest BCUT2D eigenvalue weighted by molar-refractivity contribution is 6.52. The lowest BCUT2D eigenvalue weighted by Gasteiger charge is -2.36. The van der Waals surface area contributed by atoms with Crippen molar-refractivity contribution in [1.29, 1.82) is 0 Å². The molecule has 0 N–H and O–H groups in total. The molecular weight excluding hydrogens is 362 g/mol. The van der Waals surface area contributed by atoms with Crippen molar-refractivity contribution in [3.8, 4) is 0 Å². The van der Waals surface area contributed by atoms with Crippen molar-refractivity contribution in [1.82, 2.24) is 9.80 Å². The number of carbonyl (C=O) groups excluding carboxylic acids is 2. The molecule has 0 bridgehead atoms. The number of imide groups is 1. The van der Waals surface area contributed by atoms with Crippen LogP contribution < -0.4 is 4.90 Å². The van der Waals surface area contributed by atoms with E-state index in [1.165, 1.54) is 10.5 Å². The summed E-state index contributed by atoms with van der Waals surface area (Å²) >= 11 is 6.33. The zero-order chi connectivity index (χ0) is 19.6. The molecular formula is C21H28ClN3O2. The summed E-state index contributed by atoms with van der Waals surface area (Å²) in [6.07, 6.45) is 5.17. The number of amides is 2. The molecule has 0 radical (unpaired) electrons. The SMILES string of the molecule is CCCCc1ccc(N2C(=O)C(Cl)=C(N(C)C3CCN(C)CC3)C2=O)cc1. The summed E-state index contributed by atoms with van der Waals surface area (Å²) in [5.41, 5.74) is 2.11. The molecule has 0 saturated carbocycles. The number of nitrogens with zero attached hydrogens (tertiary/aromatic N) is 3. The Kier molecular flexibility index (Phi) is 6.22. The van der Waals surface area contributed by atoms with Gasteiger partial charge >= 0.3 is 0 Å². The van der Waals surface area contributed by atoms with Gasteiger partial charge in [0.25, 0.3) is 11.8 Å². The third-order valence-corrected chi connectivity index (χ3v) is 5.95. The van der Waals surface area contributed by atoms with E-state index in [0.717, 1.165) is 45.2 Å². The highest BCUT2D eigenvalue weighted by atomic mass is 35.5. The third kappa shape index (κ3) is 4.04. The van der Waals surface area contributed by atoms with E-state index >= 15 is 0 Å². The normalized spacial score (nSPS) is 19.3. The van der Waals surface area contributed by atoms with Crippen LogP contribution in [-0.2, 0) is 16.0 Å². The zero-order valence-electron chi connectivity index (χ0n) is 16.4. The van der Waals surface area contributed by atoms with E-state index in [9.17, 15) is 9.59 Å². The second kappa shape index (κ2) is 8.44. The molecule has 27 heavy (non-hydrogen) atoms. The quantitative estimate of drug-likeness (QED) is 0.699. The average Bonchev–Trinajstić information content (AvgIpc) is 2.89. The van der Waals surface area contributed by atoms with Crippen molar-refractivity contribution in [3.05, 3.63) is 40.6 Å². The van der Waals surface area contributed by atoms with Gasteiger partial charge in [0.1, 0.15) is 10.7 Å². The molecule has 2 heterocycles. The monoisotopic (exact) mass is 389 g/mol. The predicted molar refractivity (Wildman–Crippen MR) is 109 cm³/mol. The fourth-order valence-electron chi connectivity index (χ4n) is 3.79. The van der Waals surface area contributed by atoms with Crippen LogP contribution in [0.15, 0.2) is 35.0 Å². The number of hydrogen-bond donors (Lipinski definition) is 0. The molecule has 1 saturated heterocycles. The Bertz CT molecular complexity index is 736. The number of halogens is 1. The summed E-state index contributed by atoms with van der Waals surface area (Å²) in [7, 11) is 3.97. The molecule has 2 aliphatic rings. The van der Waals surface area contributed by atoms with E-state index in [-0.39, 0.29) is 17.0 Å². The summed E-state index contributed by atoms with van der Waals surface area (Å²) in [5, 5.41) is 0.0245. The number of likely N-dealkylation sites (tertiary alicyclic amines) is 1. The molecule has 1 fully saturated rings. The van der Waals surface area contributed by atoms with Gasteiger partial charge in [0.15, 0.2) is 0 Å². The van der Waals surface area contributed by atoms with E-state index in [1.54, 1.807) is 0 Å². The second-order valence-electron chi connectivity index (χ2n) is 7.52. The molecule has 1 aromatic rings. The first-order valence-corrected chi connectivity index (χ1v) is 10.1. The van der Waals surface area contributed by atoms with Gasteiger partial charge in [-0.2, -0.15) is 0 Å². The minimum Gasteiger partial charge on any atom is -0.366 e. The third-order valence-electron chi connectivity index (χ3n) is 5.61. The molecule has 5 nitrogen and oxygen atoms in total. The lowest BCUT2D eigenvalue weighted by atomic mass is 10.0. The van der Waals surface area contributed by atoms with Gasteiger partial charge in [-0.3, -0.25) is 9.59 Å². The van der Waals surface area contributed by atoms with Crippen LogP contribution in [0, 0.1) is 0 Å². The Morgan fingerprint density at radius 3 is 2.33 bits per heavy atom. The van der Waals surface area contributed by atoms with E-state index in [4.69, 9.17) is 11.6 Å². The lowest BCUT2D eigenvalue weighted by molar-refractivity contribution is -0.121. The minimum atomic E-state index is -0.433. The summed E-state index contributed by atoms with van der Waals surface area (Å²) in [6, 6.07) is 7.86. The Balaban J connectivity index is 1.77. The van der Waals surface area contributed by atoms with E-state index in [1.807, 2.05) is 36.2 Å². The highest BCUT2D eigenvalue weighted by Gasteiger charge is 2.42. The first-order valence-electron chi connectivity index (χ1n) is 9.73. The number of rotatable bonds is 6. The van der Waals surface area contributed by atoms with Gasteiger partial charge in [0.2, 0.25) is 0 Å². The first-order chi connectivity index (χ1) is 12.9. The van der Waals surface area contributed by atoms with Crippen molar-refractivity contribution < 1.29 is 9.59 Å². The van der Waals surface area contributed by atoms with E-state index < -0.39 is 5.91 Å². The van der Waals surface area contributed by atoms with Crippen molar-refractivity contribution >= 4 is 29.1 Å². The first kappa shape index (κ1) is 19.9. The number of aryl methyl sites for hydroxylation is 1. The summed E-state index contributed by atoms with van der Waals surface area (Å²) in [6.45, 7) is 4.11. The fraction of sp³-hybridized carbons (Fsp3) is 0.524. The number of piperidine rings is 1. The van der Waals surface area contributed by atoms with E-state index in [2.05, 4.69) is 18.9 Å². The molecule has 146 valence electrons. The van der Waals surface area contributed by atoms with Crippen molar-refractivity contribution in [2.24, 2.45) is 0 Å². The number of unbranched alkanes of at least 4 members (excludes halogenated alkanes) is 1. The van der Waals surface area contributed by atoms with Gasteiger partial charge in [-0.05, 0) is 63.5 Å². The molecule has 2 aliphatic heterocycles. The van der Waals surface area contributed by atoms with Crippen LogP contribution in [-0.4, -0.2) is 54.8 Å². The van der Waals surface area contributed by atoms with Crippen LogP contribution in [0.25, 0.3) is 0 Å². The largest absolute Gasteiger partial charge is 0.366 e. The predicted octanol–water partition coefficient (Wildman–Crippen LogP) is 3.38. The van der Waals surface area contributed by atoms with Gasteiger partial charge in [0.05, 0.1) is 5.69 Å². The molecule has 0 aromatic heterocycles. The van der Waals surface area contributed by atoms with Crippen molar-refractivity contribution in [2.45, 2.75) is 45.1 Å². The Labute approximate surface area is 166 Å². The average molecular weight is 390 g/mol. The molecule has 6 heteroatoms. The number of carbonyl (C=O) groups is 2. The summed E-state index contributed by atoms with van der Waals surface area (Å²) < 4.78 is 0. The second-order valence-corrected chi connectivity index (χ2v) is 7.90. The van der Waals surface area contributed by atoms with Crippen LogP contribution in [0.5, 0.6) is 0 Å². The smallest absolute Gasteiger partial charge is 0.283 e. The molecule has 2 amide bonds. The van der Waals surface area contributed by atoms with E-state index in [0.29, 0.717) is 11.4 Å². The molecule has 3 rings (SSSR count). The zero-order valence-corrected chi connectivity index (χ0v) is 17.1. The van der Waals surface area contributed by atoms with Crippen LogP contribution >= 0.6 is 11.6 Å². The maximum atomic E-state index is 13.0. The van der Waals surface area contributed by atoms with Gasteiger partial charge in [-0.1, -0.05) is 37.1 Å². The van der Waals surface area contributed by atoms with Gasteiger partial charge in [-0.15, -0.1) is 0 Å². The molecule has 0 spiro atoms. The van der Waals surface area contributed by atoms with Gasteiger partial charge in [0, 0.05) is 13.1 Å². The minimum absolute atomic E-state index is 0.0245. The van der Waals surface area contributed by atoms with Crippen LogP contribution in [0.4, 0.5) is 5.69 Å². The fourth-order valence-corrected chi connectivity index (χ4v) is 4.09. The van der Waals surface area contributed by atoms with Crippen molar-refractivity contribution in [3.63, 3.8) is 0 Å². The Morgan fingerprint density at radius 2 is 1.74 bits per heavy atom. The molecule has 1 aromatic carbocycles. The molecule has 0 atom stereocenters. The standard InChI is InChI=1S/C21H28ClN3O2/c1-4-5-6-15-7-9-17(10-8-15)25-20(26)18(22)19(21(25)27)24(3)16-11-13-23(2)14-12-16/h7-10,16H,4-6,11-14H2,1-3H3. The Morgan fingerprint density at radius 1 is 1.11 bits per heavy atom. The van der Waals surface area contributed by atoms with Gasteiger partial charge in [-0.25, -0.2) is 4.90 Å². The topological polar surface area (TPSA) is 43.9 Å². The van der Waals surface area contributed by atoms with Gasteiger partial charge < -0.3 is 9.80 Å². The summed E-state index contributed by atoms with van der Waals surface area (Å²) in [4.78, 5) is 31.1. The number of benzene rings is 1. The summed E-state index contributed by atoms with van der Waals surface area (Å²) in [5.74, 6) is -0.759. The lowest BCUT2D eigenvalue weighted by Crippen LogP contribution is -2.43. The maximum Gasteiger partial charge on any atom is 0.283 e. The number of anilines is 1. The van der Waals surface area contributed by atoms with Crippen LogP contribution in [0.3, 0.4) is 0 Å². The number of likely N-dealkylation sites (N-methyl/N-ethyl adjacent to an activating group) is 1. The highest BCUT2D eigenvalue weighted by Crippen LogP contribution is 2.33. The number of hydrogen-bond acceptors (Lipinski definition) is 4. The molecule has 0 aliphatic carbocycles. The van der Waals surface area contributed by atoms with Crippen LogP contribution in [0.2, 0.25) is 0 Å².